The molecule has 0 radical (unpaired) electrons. The fourth-order valence-corrected chi connectivity index (χ4v) is 2.76. The molecule has 1 rings (SSSR count). The van der Waals surface area contributed by atoms with Crippen molar-refractivity contribution in [2.45, 2.75) is 33.2 Å². The summed E-state index contributed by atoms with van der Waals surface area (Å²) in [6, 6.07) is 3.87. The average Bonchev–Trinajstić information content (AvgIpc) is 2.29. The molecule has 1 N–H and O–H groups in total. The molecule has 0 fully saturated rings. The lowest BCUT2D eigenvalue weighted by molar-refractivity contribution is 0.0983. The Morgan fingerprint density at radius 3 is 2.50 bits per heavy atom. The molecule has 20 heavy (non-hydrogen) atoms. The Balaban J connectivity index is 2.22. The van der Waals surface area contributed by atoms with Gasteiger partial charge in [0.25, 0.3) is 0 Å². The molecule has 0 aliphatic carbocycles. The number of aryl methyl sites for hydroxylation is 1. The van der Waals surface area contributed by atoms with E-state index < -0.39 is 0 Å². The molecule has 1 aromatic carbocycles. The Kier molecular flexibility index (Phi) is 7.30. The van der Waals surface area contributed by atoms with Gasteiger partial charge in [0, 0.05) is 12.1 Å². The molecule has 0 saturated carbocycles. The average molecular weight is 365 g/mol. The van der Waals surface area contributed by atoms with Crippen LogP contribution >= 0.6 is 27.5 Å². The van der Waals surface area contributed by atoms with E-state index in [1.165, 1.54) is 0 Å². The molecule has 0 aliphatic rings. The van der Waals surface area contributed by atoms with Crippen LogP contribution in [0.3, 0.4) is 0 Å². The number of rotatable bonds is 7. The summed E-state index contributed by atoms with van der Waals surface area (Å²) >= 11 is 9.60. The van der Waals surface area contributed by atoms with E-state index in [0.29, 0.717) is 30.6 Å². The summed E-state index contributed by atoms with van der Waals surface area (Å²) in [6.07, 6.45) is 0. The summed E-state index contributed by atoms with van der Waals surface area (Å²) in [4.78, 5) is 0. The molecule has 0 bridgehead atoms. The van der Waals surface area contributed by atoms with Crippen LogP contribution in [0.5, 0.6) is 5.75 Å². The smallest absolute Gasteiger partial charge is 0.152 e. The first-order valence-corrected chi connectivity index (χ1v) is 7.88. The third-order valence-corrected chi connectivity index (χ3v) is 3.39. The lowest BCUT2D eigenvalue weighted by atomic mass is 10.1. The molecule has 0 heterocycles. The number of hydrogen-bond acceptors (Lipinski definition) is 3. The number of halogens is 2. The molecule has 1 aromatic rings. The van der Waals surface area contributed by atoms with Gasteiger partial charge in [0.2, 0.25) is 0 Å². The first-order chi connectivity index (χ1) is 9.29. The van der Waals surface area contributed by atoms with E-state index in [2.05, 4.69) is 42.0 Å². The van der Waals surface area contributed by atoms with Crippen molar-refractivity contribution in [3.8, 4) is 5.75 Å². The highest BCUT2D eigenvalue weighted by Crippen LogP contribution is 2.34. The van der Waals surface area contributed by atoms with Gasteiger partial charge in [-0.15, -0.1) is 0 Å². The Bertz CT molecular complexity index is 409. The second kappa shape index (κ2) is 8.23. The van der Waals surface area contributed by atoms with E-state index in [9.17, 15) is 0 Å². The summed E-state index contributed by atoms with van der Waals surface area (Å²) in [6.45, 7) is 10.9. The Morgan fingerprint density at radius 2 is 1.90 bits per heavy atom. The Morgan fingerprint density at radius 1 is 1.20 bits per heavy atom. The van der Waals surface area contributed by atoms with E-state index >= 15 is 0 Å². The quantitative estimate of drug-likeness (QED) is 0.736. The van der Waals surface area contributed by atoms with Crippen LogP contribution in [0.25, 0.3) is 0 Å². The van der Waals surface area contributed by atoms with Crippen LogP contribution in [-0.4, -0.2) is 31.9 Å². The summed E-state index contributed by atoms with van der Waals surface area (Å²) in [5.41, 5.74) is 1.22. The van der Waals surface area contributed by atoms with Crippen molar-refractivity contribution in [1.82, 2.24) is 5.32 Å². The molecule has 0 aliphatic heterocycles. The third-order valence-electron chi connectivity index (χ3n) is 2.52. The topological polar surface area (TPSA) is 30.5 Å². The van der Waals surface area contributed by atoms with Crippen LogP contribution in [0.2, 0.25) is 5.02 Å². The Labute approximate surface area is 135 Å². The molecular weight excluding hydrogens is 342 g/mol. The van der Waals surface area contributed by atoms with Crippen molar-refractivity contribution in [2.75, 3.05) is 26.4 Å². The van der Waals surface area contributed by atoms with Gasteiger partial charge in [-0.1, -0.05) is 11.6 Å². The predicted octanol–water partition coefficient (Wildman–Crippen LogP) is 4.19. The zero-order valence-electron chi connectivity index (χ0n) is 12.6. The van der Waals surface area contributed by atoms with Crippen molar-refractivity contribution in [3.05, 3.63) is 27.2 Å². The second-order valence-corrected chi connectivity index (χ2v) is 6.96. The van der Waals surface area contributed by atoms with E-state index in [1.807, 2.05) is 19.1 Å². The summed E-state index contributed by atoms with van der Waals surface area (Å²) < 4.78 is 12.0. The highest BCUT2D eigenvalue weighted by atomic mass is 79.9. The van der Waals surface area contributed by atoms with Crippen molar-refractivity contribution < 1.29 is 9.47 Å². The van der Waals surface area contributed by atoms with Gasteiger partial charge >= 0.3 is 0 Å². The first kappa shape index (κ1) is 17.8. The Hall–Kier alpha value is -0.290. The molecule has 114 valence electrons. The third kappa shape index (κ3) is 6.93. The van der Waals surface area contributed by atoms with Gasteiger partial charge in [-0.05, 0) is 61.3 Å². The van der Waals surface area contributed by atoms with E-state index in [1.54, 1.807) is 0 Å². The lowest BCUT2D eigenvalue weighted by Gasteiger charge is -2.20. The summed E-state index contributed by atoms with van der Waals surface area (Å²) in [5.74, 6) is 0.675. The summed E-state index contributed by atoms with van der Waals surface area (Å²) in [7, 11) is 0. The van der Waals surface area contributed by atoms with E-state index in [-0.39, 0.29) is 5.54 Å². The van der Waals surface area contributed by atoms with Crippen LogP contribution in [0, 0.1) is 6.92 Å². The van der Waals surface area contributed by atoms with Crippen molar-refractivity contribution in [2.24, 2.45) is 0 Å². The number of ether oxygens (including phenoxy) is 2. The van der Waals surface area contributed by atoms with Gasteiger partial charge in [0.1, 0.15) is 6.61 Å². The zero-order valence-corrected chi connectivity index (χ0v) is 14.9. The normalized spacial score (nSPS) is 11.7. The van der Waals surface area contributed by atoms with Gasteiger partial charge < -0.3 is 14.8 Å². The minimum absolute atomic E-state index is 0.125. The zero-order chi connectivity index (χ0) is 15.2. The van der Waals surface area contributed by atoms with Crippen molar-refractivity contribution >= 4 is 27.5 Å². The van der Waals surface area contributed by atoms with E-state index in [4.69, 9.17) is 21.1 Å². The summed E-state index contributed by atoms with van der Waals surface area (Å²) in [5, 5.41) is 3.98. The van der Waals surface area contributed by atoms with Gasteiger partial charge in [0.15, 0.2) is 5.75 Å². The highest BCUT2D eigenvalue weighted by Gasteiger charge is 2.08. The predicted molar refractivity (Wildman–Crippen MR) is 88.0 cm³/mol. The van der Waals surface area contributed by atoms with Crippen LogP contribution in [0.1, 0.15) is 26.3 Å². The molecule has 5 heteroatoms. The van der Waals surface area contributed by atoms with Crippen LogP contribution < -0.4 is 10.1 Å². The molecule has 0 spiro atoms. The van der Waals surface area contributed by atoms with Gasteiger partial charge in [-0.3, -0.25) is 0 Å². The SMILES string of the molecule is Cc1cc(Cl)c(OCCOCCNC(C)(C)C)c(Br)c1. The largest absolute Gasteiger partial charge is 0.488 e. The molecule has 0 saturated heterocycles. The highest BCUT2D eigenvalue weighted by molar-refractivity contribution is 9.10. The molecular formula is C15H23BrClNO2. The minimum atomic E-state index is 0.125. The maximum Gasteiger partial charge on any atom is 0.152 e. The lowest BCUT2D eigenvalue weighted by Crippen LogP contribution is -2.38. The van der Waals surface area contributed by atoms with E-state index in [0.717, 1.165) is 16.6 Å². The van der Waals surface area contributed by atoms with Gasteiger partial charge in [-0.25, -0.2) is 0 Å². The number of benzene rings is 1. The van der Waals surface area contributed by atoms with Crippen LogP contribution in [0.15, 0.2) is 16.6 Å². The molecule has 0 amide bonds. The monoisotopic (exact) mass is 363 g/mol. The fraction of sp³-hybridized carbons (Fsp3) is 0.600. The molecule has 3 nitrogen and oxygen atoms in total. The number of hydrogen-bond donors (Lipinski definition) is 1. The van der Waals surface area contributed by atoms with Gasteiger partial charge in [-0.2, -0.15) is 0 Å². The second-order valence-electron chi connectivity index (χ2n) is 5.70. The molecule has 0 unspecified atom stereocenters. The maximum atomic E-state index is 6.14. The minimum Gasteiger partial charge on any atom is -0.488 e. The van der Waals surface area contributed by atoms with Gasteiger partial charge in [0.05, 0.1) is 22.7 Å². The molecule has 0 atom stereocenters. The maximum absolute atomic E-state index is 6.14. The van der Waals surface area contributed by atoms with Crippen molar-refractivity contribution in [3.63, 3.8) is 0 Å². The van der Waals surface area contributed by atoms with Crippen LogP contribution in [-0.2, 0) is 4.74 Å². The first-order valence-electron chi connectivity index (χ1n) is 6.71. The van der Waals surface area contributed by atoms with Crippen molar-refractivity contribution in [1.29, 1.82) is 0 Å². The number of nitrogens with one attached hydrogen (secondary N) is 1. The fourth-order valence-electron chi connectivity index (χ4n) is 1.63. The molecule has 0 aromatic heterocycles. The van der Waals surface area contributed by atoms with Crippen LogP contribution in [0.4, 0.5) is 0 Å². The standard InChI is InChI=1S/C15H23BrClNO2/c1-11-9-12(16)14(13(17)10-11)20-8-7-19-6-5-18-15(2,3)4/h9-10,18H,5-8H2,1-4H3.